The minimum absolute atomic E-state index is 0.153. The van der Waals surface area contributed by atoms with E-state index in [1.165, 1.54) is 6.07 Å². The van der Waals surface area contributed by atoms with Gasteiger partial charge >= 0.3 is 0 Å². The molecule has 4 rings (SSSR count). The Morgan fingerprint density at radius 3 is 2.79 bits per heavy atom. The number of aromatic nitrogens is 2. The van der Waals surface area contributed by atoms with E-state index in [1.54, 1.807) is 6.20 Å². The summed E-state index contributed by atoms with van der Waals surface area (Å²) in [6, 6.07) is 19.9. The van der Waals surface area contributed by atoms with E-state index in [1.807, 2.05) is 41.0 Å². The normalized spacial score (nSPS) is 15.6. The van der Waals surface area contributed by atoms with Crippen LogP contribution in [-0.2, 0) is 6.54 Å². The van der Waals surface area contributed by atoms with Gasteiger partial charge in [-0.25, -0.2) is 0 Å². The maximum Gasteiger partial charge on any atom is 0.300 e. The third-order valence-electron chi connectivity index (χ3n) is 3.90. The molecule has 0 saturated heterocycles. The van der Waals surface area contributed by atoms with E-state index in [0.29, 0.717) is 19.2 Å². The van der Waals surface area contributed by atoms with Gasteiger partial charge in [0, 0.05) is 12.3 Å². The summed E-state index contributed by atoms with van der Waals surface area (Å²) in [6.45, 7) is 1.02. The fraction of sp³-hybridized carbons (Fsp3) is 0.158. The van der Waals surface area contributed by atoms with Crippen molar-refractivity contribution in [3.05, 3.63) is 77.2 Å². The zero-order chi connectivity index (χ0) is 16.4. The summed E-state index contributed by atoms with van der Waals surface area (Å²) in [5.74, 6) is 0.790. The van der Waals surface area contributed by atoms with Crippen molar-refractivity contribution >= 4 is 0 Å². The van der Waals surface area contributed by atoms with E-state index in [2.05, 4.69) is 23.2 Å². The van der Waals surface area contributed by atoms with Gasteiger partial charge in [-0.05, 0) is 23.3 Å². The first-order valence-electron chi connectivity index (χ1n) is 7.80. The minimum atomic E-state index is -0.293. The molecule has 0 amide bonds. The topological polar surface area (TPSA) is 53.4 Å². The first kappa shape index (κ1) is 14.5. The largest absolute Gasteiger partial charge is 0.490 e. The maximum atomic E-state index is 11.3. The smallest absolute Gasteiger partial charge is 0.300 e. The van der Waals surface area contributed by atoms with Gasteiger partial charge in [0.05, 0.1) is 6.54 Å². The SMILES string of the molecule is O=c1ccn2c(n1)OC(COc1cccc(-c3ccccc3)c1)C2. The second-order valence-corrected chi connectivity index (χ2v) is 5.65. The van der Waals surface area contributed by atoms with Crippen LogP contribution >= 0.6 is 0 Å². The molecule has 5 heteroatoms. The highest BCUT2D eigenvalue weighted by atomic mass is 16.6. The van der Waals surface area contributed by atoms with Crippen molar-refractivity contribution in [2.75, 3.05) is 6.61 Å². The number of ether oxygens (including phenoxy) is 2. The molecule has 0 N–H and O–H groups in total. The lowest BCUT2D eigenvalue weighted by Crippen LogP contribution is -2.23. The molecule has 1 aliphatic rings. The van der Waals surface area contributed by atoms with Gasteiger partial charge in [-0.2, -0.15) is 4.98 Å². The summed E-state index contributed by atoms with van der Waals surface area (Å²) in [4.78, 5) is 15.1. The molecule has 24 heavy (non-hydrogen) atoms. The predicted molar refractivity (Wildman–Crippen MR) is 90.3 cm³/mol. The highest BCUT2D eigenvalue weighted by molar-refractivity contribution is 5.64. The van der Waals surface area contributed by atoms with Crippen molar-refractivity contribution in [2.24, 2.45) is 0 Å². The highest BCUT2D eigenvalue weighted by Gasteiger charge is 2.23. The van der Waals surface area contributed by atoms with E-state index >= 15 is 0 Å². The summed E-state index contributed by atoms with van der Waals surface area (Å²) < 4.78 is 13.3. The lowest BCUT2D eigenvalue weighted by atomic mass is 10.1. The monoisotopic (exact) mass is 320 g/mol. The van der Waals surface area contributed by atoms with Crippen LogP contribution in [0.15, 0.2) is 71.7 Å². The Balaban J connectivity index is 1.43. The van der Waals surface area contributed by atoms with Crippen molar-refractivity contribution < 1.29 is 9.47 Å². The van der Waals surface area contributed by atoms with Crippen LogP contribution in [0.3, 0.4) is 0 Å². The summed E-state index contributed by atoms with van der Waals surface area (Å²) in [5, 5.41) is 0. The highest BCUT2D eigenvalue weighted by Crippen LogP contribution is 2.24. The second-order valence-electron chi connectivity index (χ2n) is 5.65. The molecule has 1 aromatic heterocycles. The van der Waals surface area contributed by atoms with Gasteiger partial charge < -0.3 is 9.47 Å². The third-order valence-corrected chi connectivity index (χ3v) is 3.90. The Bertz CT molecular complexity index is 906. The summed E-state index contributed by atoms with van der Waals surface area (Å²) in [7, 11) is 0. The molecule has 1 unspecified atom stereocenters. The van der Waals surface area contributed by atoms with Crippen molar-refractivity contribution in [3.63, 3.8) is 0 Å². The Labute approximate surface area is 139 Å². The zero-order valence-electron chi connectivity index (χ0n) is 13.0. The van der Waals surface area contributed by atoms with E-state index in [-0.39, 0.29) is 11.7 Å². The molecule has 2 heterocycles. The fourth-order valence-corrected chi connectivity index (χ4v) is 2.72. The van der Waals surface area contributed by atoms with E-state index in [4.69, 9.17) is 9.47 Å². The molecular weight excluding hydrogens is 304 g/mol. The van der Waals surface area contributed by atoms with Crippen LogP contribution in [0.4, 0.5) is 0 Å². The average molecular weight is 320 g/mol. The molecule has 1 atom stereocenters. The predicted octanol–water partition coefficient (Wildman–Crippen LogP) is 2.75. The van der Waals surface area contributed by atoms with Crippen molar-refractivity contribution in [1.29, 1.82) is 0 Å². The van der Waals surface area contributed by atoms with Gasteiger partial charge in [-0.15, -0.1) is 0 Å². The Morgan fingerprint density at radius 1 is 1.08 bits per heavy atom. The number of hydrogen-bond acceptors (Lipinski definition) is 4. The van der Waals surface area contributed by atoms with E-state index < -0.39 is 0 Å². The summed E-state index contributed by atoms with van der Waals surface area (Å²) in [6.07, 6.45) is 1.54. The maximum absolute atomic E-state index is 11.3. The molecule has 0 saturated carbocycles. The van der Waals surface area contributed by atoms with Crippen molar-refractivity contribution in [1.82, 2.24) is 9.55 Å². The Hall–Kier alpha value is -3.08. The lowest BCUT2D eigenvalue weighted by Gasteiger charge is -2.12. The zero-order valence-corrected chi connectivity index (χ0v) is 13.0. The van der Waals surface area contributed by atoms with Crippen LogP contribution < -0.4 is 15.0 Å². The Kier molecular flexibility index (Phi) is 3.75. The number of rotatable bonds is 4. The van der Waals surface area contributed by atoms with Crippen molar-refractivity contribution in [3.8, 4) is 22.9 Å². The van der Waals surface area contributed by atoms with Gasteiger partial charge in [0.1, 0.15) is 12.4 Å². The summed E-state index contributed by atoms with van der Waals surface area (Å²) >= 11 is 0. The molecule has 5 nitrogen and oxygen atoms in total. The third kappa shape index (κ3) is 3.01. The quantitative estimate of drug-likeness (QED) is 0.742. The van der Waals surface area contributed by atoms with E-state index in [0.717, 1.165) is 16.9 Å². The average Bonchev–Trinajstić information content (AvgIpc) is 3.03. The van der Waals surface area contributed by atoms with Gasteiger partial charge in [0.2, 0.25) is 0 Å². The van der Waals surface area contributed by atoms with Gasteiger partial charge in [-0.1, -0.05) is 42.5 Å². The van der Waals surface area contributed by atoms with Crippen LogP contribution in [0.5, 0.6) is 11.8 Å². The number of benzene rings is 2. The van der Waals surface area contributed by atoms with Gasteiger partial charge in [0.25, 0.3) is 11.6 Å². The van der Waals surface area contributed by atoms with Crippen LogP contribution in [0.1, 0.15) is 0 Å². The Morgan fingerprint density at radius 2 is 1.92 bits per heavy atom. The van der Waals surface area contributed by atoms with Crippen molar-refractivity contribution in [2.45, 2.75) is 12.6 Å². The van der Waals surface area contributed by atoms with Crippen LogP contribution in [-0.4, -0.2) is 22.3 Å². The van der Waals surface area contributed by atoms with Crippen LogP contribution in [0, 0.1) is 0 Å². The molecule has 0 spiro atoms. The van der Waals surface area contributed by atoms with Crippen LogP contribution in [0.25, 0.3) is 11.1 Å². The first-order valence-corrected chi connectivity index (χ1v) is 7.80. The minimum Gasteiger partial charge on any atom is -0.490 e. The number of fused-ring (bicyclic) bond motifs is 1. The number of hydrogen-bond donors (Lipinski definition) is 0. The summed E-state index contributed by atoms with van der Waals surface area (Å²) in [5.41, 5.74) is 1.96. The van der Waals surface area contributed by atoms with Gasteiger partial charge in [-0.3, -0.25) is 9.36 Å². The van der Waals surface area contributed by atoms with Gasteiger partial charge in [0.15, 0.2) is 6.10 Å². The molecular formula is C19H16N2O3. The molecule has 2 aromatic carbocycles. The lowest BCUT2D eigenvalue weighted by molar-refractivity contribution is 0.143. The molecule has 0 bridgehead atoms. The standard InChI is InChI=1S/C19H16N2O3/c22-18-9-10-21-12-17(24-19(21)20-18)13-23-16-8-4-7-15(11-16)14-5-2-1-3-6-14/h1-11,17H,12-13H2. The van der Waals surface area contributed by atoms with Crippen LogP contribution in [0.2, 0.25) is 0 Å². The molecule has 3 aromatic rings. The molecule has 0 aliphatic carbocycles. The molecule has 0 fully saturated rings. The second kappa shape index (κ2) is 6.20. The molecule has 0 radical (unpaired) electrons. The molecule has 1 aliphatic heterocycles. The molecule has 120 valence electrons. The fourth-order valence-electron chi connectivity index (χ4n) is 2.72. The number of nitrogens with zero attached hydrogens (tertiary/aromatic N) is 2. The van der Waals surface area contributed by atoms with E-state index in [9.17, 15) is 4.79 Å². The first-order chi connectivity index (χ1) is 11.8.